The Labute approximate surface area is 225 Å². The molecule has 0 spiro atoms. The molecule has 4 bridgehead atoms. The van der Waals surface area contributed by atoms with Gasteiger partial charge in [0, 0.05) is 24.5 Å². The zero-order valence-electron chi connectivity index (χ0n) is 22.4. The van der Waals surface area contributed by atoms with E-state index in [-0.39, 0.29) is 29.3 Å². The van der Waals surface area contributed by atoms with E-state index in [4.69, 9.17) is 23.7 Å². The quantitative estimate of drug-likeness (QED) is 0.246. The van der Waals surface area contributed by atoms with Gasteiger partial charge in [0.15, 0.2) is 13.2 Å². The molecule has 4 fully saturated rings. The van der Waals surface area contributed by atoms with E-state index in [0.717, 1.165) is 6.08 Å². The average molecular weight is 551 g/mol. The highest BCUT2D eigenvalue weighted by atomic mass is 16.6. The van der Waals surface area contributed by atoms with Crippen LogP contribution in [0.25, 0.3) is 0 Å². The molecule has 4 aliphatic rings. The van der Waals surface area contributed by atoms with Crippen molar-refractivity contribution in [2.45, 2.75) is 82.7 Å². The molecular weight excluding hydrogens is 516 g/mol. The lowest BCUT2D eigenvalue weighted by Gasteiger charge is -2.36. The van der Waals surface area contributed by atoms with Gasteiger partial charge in [-0.2, -0.15) is 0 Å². The number of carbonyl (C=O) groups is 6. The highest BCUT2D eigenvalue weighted by Crippen LogP contribution is 2.43. The molecule has 6 unspecified atom stereocenters. The van der Waals surface area contributed by atoms with E-state index in [2.05, 4.69) is 17.9 Å². The van der Waals surface area contributed by atoms with E-state index in [9.17, 15) is 28.8 Å². The first-order chi connectivity index (χ1) is 18.3. The molecule has 6 atom stereocenters. The van der Waals surface area contributed by atoms with Gasteiger partial charge < -0.3 is 28.4 Å². The van der Waals surface area contributed by atoms with E-state index >= 15 is 0 Å². The fourth-order valence-corrected chi connectivity index (χ4v) is 4.99. The van der Waals surface area contributed by atoms with Gasteiger partial charge in [-0.1, -0.05) is 13.2 Å². The third-order valence-corrected chi connectivity index (χ3v) is 7.38. The minimum atomic E-state index is -0.838. The number of carbonyl (C=O) groups excluding carboxylic acids is 6. The van der Waals surface area contributed by atoms with Gasteiger partial charge >= 0.3 is 35.8 Å². The van der Waals surface area contributed by atoms with E-state index < -0.39 is 60.5 Å². The maximum absolute atomic E-state index is 11.7. The molecule has 0 amide bonds. The molecule has 0 aromatic carbocycles. The lowest BCUT2D eigenvalue weighted by Crippen LogP contribution is -2.46. The van der Waals surface area contributed by atoms with Gasteiger partial charge in [0.05, 0.1) is 11.8 Å². The van der Waals surface area contributed by atoms with Gasteiger partial charge in [0.25, 0.3) is 0 Å². The van der Waals surface area contributed by atoms with Crippen molar-refractivity contribution in [1.29, 1.82) is 0 Å². The highest BCUT2D eigenvalue weighted by molar-refractivity contribution is 5.88. The molecular formula is C27H34O12. The summed E-state index contributed by atoms with van der Waals surface area (Å²) in [6, 6.07) is 0. The Kier molecular flexibility index (Phi) is 9.18. The molecule has 12 heteroatoms. The highest BCUT2D eigenvalue weighted by Gasteiger charge is 2.53. The van der Waals surface area contributed by atoms with E-state index in [1.807, 2.05) is 0 Å². The molecule has 2 aliphatic heterocycles. The van der Waals surface area contributed by atoms with Crippen molar-refractivity contribution < 1.29 is 57.2 Å². The molecule has 2 heterocycles. The number of hydrogen-bond acceptors (Lipinski definition) is 12. The lowest BCUT2D eigenvalue weighted by atomic mass is 9.80. The van der Waals surface area contributed by atoms with Crippen LogP contribution in [-0.2, 0) is 57.2 Å². The zero-order chi connectivity index (χ0) is 29.0. The van der Waals surface area contributed by atoms with Gasteiger partial charge in [0.1, 0.15) is 23.4 Å². The summed E-state index contributed by atoms with van der Waals surface area (Å²) in [6.07, 6.45) is 3.73. The van der Waals surface area contributed by atoms with E-state index in [1.165, 1.54) is 6.92 Å². The van der Waals surface area contributed by atoms with Gasteiger partial charge in [-0.05, 0) is 46.5 Å². The lowest BCUT2D eigenvalue weighted by molar-refractivity contribution is -0.182. The van der Waals surface area contributed by atoms with Crippen LogP contribution in [0.15, 0.2) is 24.8 Å². The van der Waals surface area contributed by atoms with E-state index in [1.54, 1.807) is 13.8 Å². The minimum absolute atomic E-state index is 0.0737. The van der Waals surface area contributed by atoms with Crippen LogP contribution in [0, 0.1) is 11.8 Å². The molecule has 0 aromatic rings. The smallest absolute Gasteiger partial charge is 0.344 e. The second-order valence-corrected chi connectivity index (χ2v) is 10.5. The van der Waals surface area contributed by atoms with Gasteiger partial charge in [0.2, 0.25) is 0 Å². The van der Waals surface area contributed by atoms with Crippen LogP contribution in [0.2, 0.25) is 0 Å². The molecule has 4 rings (SSSR count). The summed E-state index contributed by atoms with van der Waals surface area (Å²) in [7, 11) is 0. The minimum Gasteiger partial charge on any atom is -0.458 e. The Balaban J connectivity index is 0.000000216. The summed E-state index contributed by atoms with van der Waals surface area (Å²) in [5.41, 5.74) is -1.45. The number of fused-ring (bicyclic) bond motifs is 4. The van der Waals surface area contributed by atoms with Crippen molar-refractivity contribution >= 4 is 35.8 Å². The molecule has 0 radical (unpaired) electrons. The van der Waals surface area contributed by atoms with Crippen molar-refractivity contribution in [2.75, 3.05) is 13.2 Å². The second-order valence-electron chi connectivity index (χ2n) is 10.5. The molecule has 214 valence electrons. The number of hydrogen-bond donors (Lipinski definition) is 0. The Morgan fingerprint density at radius 2 is 1.31 bits per heavy atom. The van der Waals surface area contributed by atoms with Crippen LogP contribution in [0.1, 0.15) is 59.3 Å². The SMILES string of the molecule is C=C(C)C(=O)OCC(=O)OC1(C)CCC2CC1OC2=O.C=CC(=O)OCC(=O)OC1(C)CCC2CC1OC2=O. The second kappa shape index (κ2) is 12.0. The summed E-state index contributed by atoms with van der Waals surface area (Å²) < 4.78 is 30.5. The van der Waals surface area contributed by atoms with Crippen LogP contribution in [0.5, 0.6) is 0 Å². The average Bonchev–Trinajstić information content (AvgIpc) is 3.39. The van der Waals surface area contributed by atoms with E-state index in [0.29, 0.717) is 38.5 Å². The standard InChI is InChI=1S/C14H18O6.C13H16O6/c1-8(2)12(16)18-7-11(15)20-14(3)5-4-9-6-10(14)19-13(9)17;1-3-10(14)17-7-11(15)19-13(2)5-4-8-6-9(13)18-12(8)16/h9-10H,1,4-7H2,2-3H3;3,8-9H,1,4-7H2,2H3. The Bertz CT molecular complexity index is 1060. The summed E-state index contributed by atoms with van der Waals surface area (Å²) in [6.45, 7) is 10.7. The third-order valence-electron chi connectivity index (χ3n) is 7.38. The summed E-state index contributed by atoms with van der Waals surface area (Å²) in [4.78, 5) is 68.3. The number of ether oxygens (including phenoxy) is 6. The summed E-state index contributed by atoms with van der Waals surface area (Å²) >= 11 is 0. The van der Waals surface area contributed by atoms with Gasteiger partial charge in [-0.3, -0.25) is 9.59 Å². The summed E-state index contributed by atoms with van der Waals surface area (Å²) in [5, 5.41) is 0. The Morgan fingerprint density at radius 3 is 1.72 bits per heavy atom. The van der Waals surface area contributed by atoms with Crippen LogP contribution < -0.4 is 0 Å². The van der Waals surface area contributed by atoms with Crippen LogP contribution in [0.4, 0.5) is 0 Å². The predicted octanol–water partition coefficient (Wildman–Crippen LogP) is 1.88. The largest absolute Gasteiger partial charge is 0.458 e. The molecule has 2 saturated carbocycles. The monoisotopic (exact) mass is 550 g/mol. The van der Waals surface area contributed by atoms with Crippen LogP contribution >= 0.6 is 0 Å². The molecule has 2 aliphatic carbocycles. The molecule has 2 saturated heterocycles. The molecule has 0 aromatic heterocycles. The van der Waals surface area contributed by atoms with Crippen molar-refractivity contribution in [3.05, 3.63) is 24.8 Å². The van der Waals surface area contributed by atoms with Crippen molar-refractivity contribution in [3.63, 3.8) is 0 Å². The zero-order valence-corrected chi connectivity index (χ0v) is 22.4. The maximum atomic E-state index is 11.7. The topological polar surface area (TPSA) is 158 Å². The molecule has 39 heavy (non-hydrogen) atoms. The summed E-state index contributed by atoms with van der Waals surface area (Å²) in [5.74, 6) is -3.21. The molecule has 12 nitrogen and oxygen atoms in total. The first-order valence-electron chi connectivity index (χ1n) is 12.7. The third kappa shape index (κ3) is 7.24. The first kappa shape index (κ1) is 29.9. The predicted molar refractivity (Wildman–Crippen MR) is 130 cm³/mol. The number of esters is 6. The Morgan fingerprint density at radius 1 is 0.872 bits per heavy atom. The molecule has 0 N–H and O–H groups in total. The Hall–Kier alpha value is -3.70. The van der Waals surface area contributed by atoms with Gasteiger partial charge in [-0.25, -0.2) is 19.2 Å². The number of rotatable bonds is 8. The van der Waals surface area contributed by atoms with Crippen molar-refractivity contribution in [1.82, 2.24) is 0 Å². The first-order valence-corrected chi connectivity index (χ1v) is 12.7. The maximum Gasteiger partial charge on any atom is 0.344 e. The van der Waals surface area contributed by atoms with Crippen molar-refractivity contribution in [3.8, 4) is 0 Å². The van der Waals surface area contributed by atoms with Crippen LogP contribution in [-0.4, -0.2) is 72.4 Å². The van der Waals surface area contributed by atoms with Gasteiger partial charge in [-0.15, -0.1) is 0 Å². The fourth-order valence-electron chi connectivity index (χ4n) is 4.99. The fraction of sp³-hybridized carbons (Fsp3) is 0.630. The van der Waals surface area contributed by atoms with Crippen LogP contribution in [0.3, 0.4) is 0 Å². The normalized spacial score (nSPS) is 31.9. The van der Waals surface area contributed by atoms with Crippen molar-refractivity contribution in [2.24, 2.45) is 11.8 Å².